The number of nitrogens with zero attached hydrogens (tertiary/aromatic N) is 3. The van der Waals surface area contributed by atoms with Crippen LogP contribution in [0.5, 0.6) is 17.2 Å². The van der Waals surface area contributed by atoms with Crippen molar-refractivity contribution in [2.45, 2.75) is 124 Å². The Bertz CT molecular complexity index is 2800. The minimum absolute atomic E-state index is 0.0268. The Morgan fingerprint density at radius 2 is 1.47 bits per heavy atom. The van der Waals surface area contributed by atoms with Crippen molar-refractivity contribution in [1.29, 1.82) is 0 Å². The molecule has 2 aromatic heterocycles. The molecule has 0 bridgehead atoms. The number of phenols is 2. The molecule has 0 radical (unpaired) electrons. The van der Waals surface area contributed by atoms with E-state index in [4.69, 9.17) is 4.74 Å². The second-order valence-electron chi connectivity index (χ2n) is 20.3. The first-order chi connectivity index (χ1) is 35.0. The summed E-state index contributed by atoms with van der Waals surface area (Å²) in [7, 11) is 0. The number of carbonyl (C=O) groups is 4. The molecule has 1 saturated heterocycles. The first-order valence-electron chi connectivity index (χ1n) is 25.6. The minimum atomic E-state index is -0.857. The third kappa shape index (κ3) is 14.3. The number of phenolic OH excluding ortho intramolecular Hbond substituents is 2. The lowest BCUT2D eigenvalue weighted by molar-refractivity contribution is -0.144. The molecular formula is C58H71N5O8S2. The van der Waals surface area contributed by atoms with Crippen LogP contribution in [-0.4, -0.2) is 105 Å². The summed E-state index contributed by atoms with van der Waals surface area (Å²) < 4.78 is 6.91. The van der Waals surface area contributed by atoms with Crippen molar-refractivity contribution in [3.05, 3.63) is 119 Å². The number of benzene rings is 4. The normalized spacial score (nSPS) is 15.6. The summed E-state index contributed by atoms with van der Waals surface area (Å²) in [6, 6.07) is 25.0. The van der Waals surface area contributed by atoms with Crippen LogP contribution in [0.3, 0.4) is 0 Å². The molecule has 4 unspecified atom stereocenters. The van der Waals surface area contributed by atoms with E-state index >= 15 is 0 Å². The van der Waals surface area contributed by atoms with Gasteiger partial charge in [0.2, 0.25) is 17.7 Å². The maximum Gasteiger partial charge on any atom is 0.246 e. The van der Waals surface area contributed by atoms with Gasteiger partial charge in [0.1, 0.15) is 35.9 Å². The predicted octanol–water partition coefficient (Wildman–Crippen LogP) is 10.8. The Balaban J connectivity index is 0.781. The fourth-order valence-electron chi connectivity index (χ4n) is 9.45. The van der Waals surface area contributed by atoms with Crippen molar-refractivity contribution in [2.24, 2.45) is 5.41 Å². The summed E-state index contributed by atoms with van der Waals surface area (Å²) in [4.78, 5) is 65.1. The van der Waals surface area contributed by atoms with E-state index in [0.29, 0.717) is 29.9 Å². The molecule has 4 atom stereocenters. The first-order valence-corrected chi connectivity index (χ1v) is 27.3. The molecule has 15 heteroatoms. The molecule has 0 aliphatic carbocycles. The number of hydrogen-bond acceptors (Lipinski definition) is 12. The summed E-state index contributed by atoms with van der Waals surface area (Å²) in [5.41, 5.74) is 6.06. The molecule has 0 saturated carbocycles. The molecule has 4 aromatic carbocycles. The molecule has 6 aromatic rings. The quantitative estimate of drug-likeness (QED) is 0.0289. The zero-order valence-corrected chi connectivity index (χ0v) is 44.6. The molecule has 1 fully saturated rings. The zero-order chi connectivity index (χ0) is 52.2. The number of aryl methyl sites for hydroxylation is 1. The van der Waals surface area contributed by atoms with Gasteiger partial charge in [-0.25, -0.2) is 4.98 Å². The number of hydrogen-bond donors (Lipinski definition) is 5. The number of fused-ring (bicyclic) bond motifs is 1. The second kappa shape index (κ2) is 25.2. The topological polar surface area (TPSA) is 182 Å². The minimum Gasteiger partial charge on any atom is -0.508 e. The Morgan fingerprint density at radius 1 is 0.822 bits per heavy atom. The molecule has 13 nitrogen and oxygen atoms in total. The number of amides is 3. The number of rotatable bonds is 24. The van der Waals surface area contributed by atoms with E-state index in [9.17, 15) is 34.5 Å². The van der Waals surface area contributed by atoms with E-state index < -0.39 is 23.6 Å². The third-order valence-corrected chi connectivity index (χ3v) is 15.9. The number of ether oxygens (including phenoxy) is 1. The summed E-state index contributed by atoms with van der Waals surface area (Å²) in [5, 5.41) is 37.5. The fraction of sp³-hybridized carbons (Fsp3) is 0.431. The van der Waals surface area contributed by atoms with Gasteiger partial charge >= 0.3 is 0 Å². The SMILES string of the molecule is CCN(CCCCCCCCCC(=O)NC(C(=O)N1CC(O)CC1C(=O)NC(C)c1ccc(-c2scnc2C)cc1)C(C)(C)C)CCOc1ccc(C(=O)c2c(-c3ccc(O)cc3)sc3cc(O)ccc23)cc1. The molecule has 73 heavy (non-hydrogen) atoms. The van der Waals surface area contributed by atoms with Gasteiger partial charge in [-0.05, 0) is 129 Å². The van der Waals surface area contributed by atoms with Crippen LogP contribution in [0, 0.1) is 12.3 Å². The molecule has 7 rings (SSSR count). The number of nitrogens with one attached hydrogen (secondary N) is 2. The van der Waals surface area contributed by atoms with Crippen LogP contribution in [0.2, 0.25) is 0 Å². The average molecular weight is 1030 g/mol. The molecule has 0 spiro atoms. The van der Waals surface area contributed by atoms with Gasteiger partial charge in [0.15, 0.2) is 5.78 Å². The number of β-amino-alcohol motifs (C(OH)–C–C–N with tert-alkyl or cyclic N) is 1. The number of likely N-dealkylation sites (tertiary alicyclic amines) is 1. The number of aliphatic hydroxyl groups excluding tert-OH is 1. The van der Waals surface area contributed by atoms with Gasteiger partial charge in [-0.2, -0.15) is 0 Å². The van der Waals surface area contributed by atoms with Crippen LogP contribution in [0.25, 0.3) is 31.0 Å². The molecule has 3 amide bonds. The summed E-state index contributed by atoms with van der Waals surface area (Å²) in [5.74, 6) is -0.0445. The molecule has 3 heterocycles. The van der Waals surface area contributed by atoms with Crippen molar-refractivity contribution in [2.75, 3.05) is 32.8 Å². The van der Waals surface area contributed by atoms with Crippen LogP contribution >= 0.6 is 22.7 Å². The number of likely N-dealkylation sites (N-methyl/N-ethyl adjacent to an activating group) is 1. The van der Waals surface area contributed by atoms with Gasteiger partial charge in [-0.15, -0.1) is 22.7 Å². The third-order valence-electron chi connectivity index (χ3n) is 13.7. The van der Waals surface area contributed by atoms with Crippen molar-refractivity contribution in [3.8, 4) is 38.1 Å². The molecule has 1 aliphatic heterocycles. The Morgan fingerprint density at radius 3 is 2.12 bits per heavy atom. The van der Waals surface area contributed by atoms with E-state index in [1.807, 2.05) is 76.5 Å². The highest BCUT2D eigenvalue weighted by atomic mass is 32.1. The highest BCUT2D eigenvalue weighted by molar-refractivity contribution is 7.22. The van der Waals surface area contributed by atoms with Gasteiger partial charge in [-0.3, -0.25) is 19.2 Å². The highest BCUT2D eigenvalue weighted by Gasteiger charge is 2.44. The van der Waals surface area contributed by atoms with Crippen molar-refractivity contribution in [1.82, 2.24) is 25.4 Å². The number of thiophene rings is 1. The monoisotopic (exact) mass is 1030 g/mol. The van der Waals surface area contributed by atoms with Gasteiger partial charge in [0.25, 0.3) is 0 Å². The first kappa shape index (κ1) is 54.6. The molecular weight excluding hydrogens is 959 g/mol. The van der Waals surface area contributed by atoms with Crippen LogP contribution in [-0.2, 0) is 14.4 Å². The van der Waals surface area contributed by atoms with Gasteiger partial charge in [0, 0.05) is 52.0 Å². The zero-order valence-electron chi connectivity index (χ0n) is 43.0. The summed E-state index contributed by atoms with van der Waals surface area (Å²) in [6.45, 7) is 14.9. The van der Waals surface area contributed by atoms with Crippen molar-refractivity contribution in [3.63, 3.8) is 0 Å². The largest absolute Gasteiger partial charge is 0.508 e. The molecule has 388 valence electrons. The Labute approximate surface area is 437 Å². The number of aromatic hydroxyl groups is 2. The fourth-order valence-corrected chi connectivity index (χ4v) is 11.5. The number of aliphatic hydroxyl groups is 1. The predicted molar refractivity (Wildman–Crippen MR) is 291 cm³/mol. The lowest BCUT2D eigenvalue weighted by atomic mass is 9.85. The lowest BCUT2D eigenvalue weighted by Crippen LogP contribution is -2.57. The van der Waals surface area contributed by atoms with Crippen LogP contribution in [0.15, 0.2) is 96.5 Å². The molecule has 1 aliphatic rings. The number of ketones is 1. The van der Waals surface area contributed by atoms with Gasteiger partial charge < -0.3 is 40.5 Å². The maximum absolute atomic E-state index is 14.1. The van der Waals surface area contributed by atoms with Crippen LogP contribution < -0.4 is 15.4 Å². The number of thiazole rings is 1. The molecule has 5 N–H and O–H groups in total. The second-order valence-corrected chi connectivity index (χ2v) is 22.2. The Kier molecular flexibility index (Phi) is 18.9. The standard InChI is InChI=1S/C58H71N5O8S2/c1-7-62(31-32-71-46-27-22-40(23-28-46)52(68)51-47-29-26-44(65)34-49(47)73-54(51)42-20-24-43(64)25-21-42)30-14-12-10-8-9-11-13-15-50(67)61-55(58(4,5)6)57(70)63-35-45(66)33-48(63)56(69)60-37(2)39-16-18-41(19-17-39)53-38(3)59-36-72-53/h16-29,34,36-37,45,48,55,64-66H,7-15,30-33,35H2,1-6H3,(H,60,69)(H,61,67). The maximum atomic E-state index is 14.1. The van der Waals surface area contributed by atoms with Crippen molar-refractivity contribution >= 4 is 56.3 Å². The smallest absolute Gasteiger partial charge is 0.246 e. The summed E-state index contributed by atoms with van der Waals surface area (Å²) in [6.07, 6.45) is 6.64. The van der Waals surface area contributed by atoms with Crippen molar-refractivity contribution < 1.29 is 39.2 Å². The van der Waals surface area contributed by atoms with E-state index in [0.717, 1.165) is 107 Å². The van der Waals surface area contributed by atoms with E-state index in [2.05, 4.69) is 27.4 Å². The number of aromatic nitrogens is 1. The summed E-state index contributed by atoms with van der Waals surface area (Å²) >= 11 is 3.02. The van der Waals surface area contributed by atoms with Crippen LogP contribution in [0.4, 0.5) is 0 Å². The van der Waals surface area contributed by atoms with E-state index in [1.165, 1.54) is 16.2 Å². The number of unbranched alkanes of at least 4 members (excludes halogenated alkanes) is 6. The highest BCUT2D eigenvalue weighted by Crippen LogP contribution is 2.42. The van der Waals surface area contributed by atoms with Crippen LogP contribution in [0.1, 0.15) is 126 Å². The Hall–Kier alpha value is -6.13. The van der Waals surface area contributed by atoms with Gasteiger partial charge in [0.05, 0.1) is 28.2 Å². The lowest BCUT2D eigenvalue weighted by Gasteiger charge is -2.35. The van der Waals surface area contributed by atoms with Gasteiger partial charge in [-0.1, -0.05) is 84.1 Å². The van der Waals surface area contributed by atoms with E-state index in [1.54, 1.807) is 65.9 Å². The van der Waals surface area contributed by atoms with E-state index in [-0.39, 0.29) is 54.0 Å². The number of carbonyl (C=O) groups excluding carboxylic acids is 4. The average Bonchev–Trinajstić information content (AvgIpc) is 4.10.